The van der Waals surface area contributed by atoms with Gasteiger partial charge in [0.05, 0.1) is 16.6 Å². The van der Waals surface area contributed by atoms with Crippen molar-refractivity contribution < 1.29 is 4.79 Å². The zero-order valence-corrected chi connectivity index (χ0v) is 16.4. The Morgan fingerprint density at radius 1 is 1.21 bits per heavy atom. The first kappa shape index (κ1) is 17.1. The second-order valence-electron chi connectivity index (χ2n) is 5.82. The van der Waals surface area contributed by atoms with E-state index in [2.05, 4.69) is 64.5 Å². The highest BCUT2D eigenvalue weighted by Gasteiger charge is 2.10. The predicted octanol–water partition coefficient (Wildman–Crippen LogP) is 4.77. The molecule has 0 aliphatic carbocycles. The molecule has 1 heterocycles. The number of amides is 1. The Morgan fingerprint density at radius 2 is 2.00 bits per heavy atom. The molecule has 0 unspecified atom stereocenters. The van der Waals surface area contributed by atoms with Gasteiger partial charge in [-0.15, -0.1) is 0 Å². The van der Waals surface area contributed by atoms with E-state index >= 15 is 0 Å². The number of fused-ring (bicyclic) bond motifs is 1. The lowest BCUT2D eigenvalue weighted by Crippen LogP contribution is -2.16. The van der Waals surface area contributed by atoms with Crippen molar-refractivity contribution in [2.45, 2.75) is 33.7 Å². The van der Waals surface area contributed by atoms with Crippen LogP contribution in [0.1, 0.15) is 23.6 Å². The van der Waals surface area contributed by atoms with Crippen molar-refractivity contribution in [3.63, 3.8) is 0 Å². The quantitative estimate of drug-likeness (QED) is 0.620. The normalized spacial score (nSPS) is 12.1. The van der Waals surface area contributed by atoms with Gasteiger partial charge in [-0.1, -0.05) is 35.6 Å². The van der Waals surface area contributed by atoms with Gasteiger partial charge < -0.3 is 4.57 Å². The summed E-state index contributed by atoms with van der Waals surface area (Å²) in [7, 11) is 0. The highest BCUT2D eigenvalue weighted by atomic mass is 79.9. The summed E-state index contributed by atoms with van der Waals surface area (Å²) in [5.41, 5.74) is 4.55. The van der Waals surface area contributed by atoms with Crippen molar-refractivity contribution >= 4 is 43.4 Å². The standard InChI is InChI=1S/C19H19BrN2OS/c1-4-22-18-15(20)6-5-7-16(18)24-19(22)21-17(23)11-14-9-8-12(2)13(3)10-14/h5-10H,4,11H2,1-3H3. The molecule has 2 aromatic carbocycles. The lowest BCUT2D eigenvalue weighted by atomic mass is 10.0. The zero-order valence-electron chi connectivity index (χ0n) is 14.0. The van der Waals surface area contributed by atoms with E-state index in [1.807, 2.05) is 18.2 Å². The molecule has 0 atom stereocenters. The van der Waals surface area contributed by atoms with E-state index in [9.17, 15) is 4.79 Å². The van der Waals surface area contributed by atoms with Gasteiger partial charge in [-0.05, 0) is 65.5 Å². The van der Waals surface area contributed by atoms with Gasteiger partial charge in [-0.3, -0.25) is 4.79 Å². The van der Waals surface area contributed by atoms with Crippen LogP contribution in [0, 0.1) is 13.8 Å². The van der Waals surface area contributed by atoms with Crippen LogP contribution in [0.15, 0.2) is 45.9 Å². The zero-order chi connectivity index (χ0) is 17.3. The van der Waals surface area contributed by atoms with Gasteiger partial charge in [-0.2, -0.15) is 4.99 Å². The number of carbonyl (C=O) groups is 1. The first-order valence-electron chi connectivity index (χ1n) is 7.91. The molecule has 0 fully saturated rings. The first-order valence-corrected chi connectivity index (χ1v) is 9.52. The van der Waals surface area contributed by atoms with Crippen LogP contribution < -0.4 is 4.80 Å². The van der Waals surface area contributed by atoms with Crippen LogP contribution in [0.5, 0.6) is 0 Å². The van der Waals surface area contributed by atoms with Crippen molar-refractivity contribution in [2.24, 2.45) is 4.99 Å². The maximum Gasteiger partial charge on any atom is 0.252 e. The van der Waals surface area contributed by atoms with Crippen LogP contribution in [-0.2, 0) is 17.8 Å². The molecule has 3 nitrogen and oxygen atoms in total. The Balaban J connectivity index is 1.98. The van der Waals surface area contributed by atoms with Crippen molar-refractivity contribution in [2.75, 3.05) is 0 Å². The van der Waals surface area contributed by atoms with Crippen LogP contribution in [0.3, 0.4) is 0 Å². The molecule has 0 aliphatic rings. The van der Waals surface area contributed by atoms with Crippen molar-refractivity contribution in [3.8, 4) is 0 Å². The summed E-state index contributed by atoms with van der Waals surface area (Å²) in [6.45, 7) is 6.98. The number of para-hydroxylation sites is 1. The van der Waals surface area contributed by atoms with Crippen LogP contribution in [-0.4, -0.2) is 10.5 Å². The predicted molar refractivity (Wildman–Crippen MR) is 103 cm³/mol. The molecule has 124 valence electrons. The Morgan fingerprint density at radius 3 is 2.71 bits per heavy atom. The van der Waals surface area contributed by atoms with Gasteiger partial charge in [-0.25, -0.2) is 0 Å². The second kappa shape index (κ2) is 7.03. The van der Waals surface area contributed by atoms with Crippen LogP contribution in [0.2, 0.25) is 0 Å². The number of nitrogens with zero attached hydrogens (tertiary/aromatic N) is 2. The fraction of sp³-hybridized carbons (Fsp3) is 0.263. The number of halogens is 1. The largest absolute Gasteiger partial charge is 0.316 e. The van der Waals surface area contributed by atoms with Crippen LogP contribution >= 0.6 is 27.3 Å². The molecular formula is C19H19BrN2OS. The van der Waals surface area contributed by atoms with E-state index in [0.717, 1.165) is 31.6 Å². The number of carbonyl (C=O) groups excluding carboxylic acids is 1. The Hall–Kier alpha value is -1.72. The lowest BCUT2D eigenvalue weighted by Gasteiger charge is -2.03. The fourth-order valence-electron chi connectivity index (χ4n) is 2.70. The second-order valence-corrected chi connectivity index (χ2v) is 7.68. The lowest BCUT2D eigenvalue weighted by molar-refractivity contribution is -0.117. The average Bonchev–Trinajstić information content (AvgIpc) is 2.89. The molecule has 5 heteroatoms. The third kappa shape index (κ3) is 3.37. The summed E-state index contributed by atoms with van der Waals surface area (Å²) in [6.07, 6.45) is 0.334. The number of aryl methyl sites for hydroxylation is 3. The molecule has 0 radical (unpaired) electrons. The Kier molecular flexibility index (Phi) is 5.01. The van der Waals surface area contributed by atoms with Gasteiger partial charge in [0.25, 0.3) is 5.91 Å². The van der Waals surface area contributed by atoms with E-state index in [0.29, 0.717) is 6.42 Å². The smallest absolute Gasteiger partial charge is 0.252 e. The SMILES string of the molecule is CCn1c(=NC(=O)Cc2ccc(C)c(C)c2)sc2cccc(Br)c21. The minimum Gasteiger partial charge on any atom is -0.316 e. The summed E-state index contributed by atoms with van der Waals surface area (Å²) in [5.74, 6) is -0.108. The molecule has 0 saturated heterocycles. The average molecular weight is 403 g/mol. The molecule has 0 aliphatic heterocycles. The maximum atomic E-state index is 12.4. The fourth-order valence-corrected chi connectivity index (χ4v) is 4.55. The summed E-state index contributed by atoms with van der Waals surface area (Å²) in [6, 6.07) is 12.2. The number of hydrogen-bond donors (Lipinski definition) is 0. The molecule has 0 N–H and O–H groups in total. The summed E-state index contributed by atoms with van der Waals surface area (Å²) in [5, 5.41) is 0. The van der Waals surface area contributed by atoms with Gasteiger partial charge >= 0.3 is 0 Å². The molecule has 0 spiro atoms. The highest BCUT2D eigenvalue weighted by molar-refractivity contribution is 9.10. The molecule has 0 bridgehead atoms. The molecule has 1 aromatic heterocycles. The summed E-state index contributed by atoms with van der Waals surface area (Å²) >= 11 is 5.15. The van der Waals surface area contributed by atoms with Crippen molar-refractivity contribution in [1.82, 2.24) is 4.57 Å². The highest BCUT2D eigenvalue weighted by Crippen LogP contribution is 2.25. The molecule has 1 amide bonds. The molecular weight excluding hydrogens is 384 g/mol. The van der Waals surface area contributed by atoms with E-state index in [1.54, 1.807) is 11.3 Å². The third-order valence-electron chi connectivity index (χ3n) is 4.12. The van der Waals surface area contributed by atoms with Gasteiger partial charge in [0.2, 0.25) is 0 Å². The maximum absolute atomic E-state index is 12.4. The minimum atomic E-state index is -0.108. The number of thiazole rings is 1. The third-order valence-corrected chi connectivity index (χ3v) is 5.80. The van der Waals surface area contributed by atoms with Crippen LogP contribution in [0.4, 0.5) is 0 Å². The molecule has 0 saturated carbocycles. The van der Waals surface area contributed by atoms with Crippen molar-refractivity contribution in [1.29, 1.82) is 0 Å². The van der Waals surface area contributed by atoms with Crippen molar-refractivity contribution in [3.05, 3.63) is 62.4 Å². The monoisotopic (exact) mass is 402 g/mol. The van der Waals surface area contributed by atoms with Gasteiger partial charge in [0.15, 0.2) is 4.80 Å². The number of aromatic nitrogens is 1. The summed E-state index contributed by atoms with van der Waals surface area (Å²) in [4.78, 5) is 17.6. The summed E-state index contributed by atoms with van der Waals surface area (Å²) < 4.78 is 4.24. The van der Waals surface area contributed by atoms with Crippen LogP contribution in [0.25, 0.3) is 10.2 Å². The van der Waals surface area contributed by atoms with Gasteiger partial charge in [0, 0.05) is 11.0 Å². The minimum absolute atomic E-state index is 0.108. The first-order chi connectivity index (χ1) is 11.5. The Bertz CT molecular complexity index is 985. The van der Waals surface area contributed by atoms with Gasteiger partial charge in [0.1, 0.15) is 0 Å². The number of hydrogen-bond acceptors (Lipinski definition) is 2. The molecule has 24 heavy (non-hydrogen) atoms. The van der Waals surface area contributed by atoms with E-state index in [1.165, 1.54) is 11.1 Å². The number of benzene rings is 2. The molecule has 3 aromatic rings. The topological polar surface area (TPSA) is 34.4 Å². The van der Waals surface area contributed by atoms with E-state index in [-0.39, 0.29) is 5.91 Å². The molecule has 3 rings (SSSR count). The Labute approximate surface area is 153 Å². The van der Waals surface area contributed by atoms with E-state index in [4.69, 9.17) is 0 Å². The number of rotatable bonds is 3. The van der Waals surface area contributed by atoms with E-state index < -0.39 is 0 Å².